The molecule has 262 valence electrons. The van der Waals surface area contributed by atoms with E-state index in [1.807, 2.05) is 18.3 Å². The summed E-state index contributed by atoms with van der Waals surface area (Å²) in [6.45, 7) is 6.17. The number of hydrogen-bond acceptors (Lipinski definition) is 9. The van der Waals surface area contributed by atoms with Crippen molar-refractivity contribution in [1.82, 2.24) is 19.4 Å². The van der Waals surface area contributed by atoms with Crippen molar-refractivity contribution in [3.05, 3.63) is 124 Å². The SMILES string of the molecule is CCOc1ccn(-c2ccc(F)cc2)c(=O)c1C(=O)Nc1ccc(Oc2ccnc3cc(-c4ccc(CN5CCOCC5)cn4)sc23)cc1Cl.Cl. The normalized spacial score (nSPS) is 13.1. The molecule has 1 saturated heterocycles. The Bertz CT molecular complexity index is 2220. The van der Waals surface area contributed by atoms with E-state index in [1.165, 1.54) is 52.4 Å². The lowest BCUT2D eigenvalue weighted by Gasteiger charge is -2.26. The molecule has 1 N–H and O–H groups in total. The van der Waals surface area contributed by atoms with Gasteiger partial charge in [0.15, 0.2) is 0 Å². The van der Waals surface area contributed by atoms with Crippen LogP contribution in [-0.4, -0.2) is 58.3 Å². The molecule has 6 aromatic rings. The molecule has 1 aliphatic heterocycles. The molecule has 10 nitrogen and oxygen atoms in total. The Hall–Kier alpha value is -4.85. The third-order valence-electron chi connectivity index (χ3n) is 8.07. The van der Waals surface area contributed by atoms with Crippen molar-refractivity contribution in [2.24, 2.45) is 0 Å². The molecule has 0 atom stereocenters. The average Bonchev–Trinajstić information content (AvgIpc) is 3.57. The molecule has 14 heteroatoms. The minimum absolute atomic E-state index is 0. The number of benzene rings is 2. The van der Waals surface area contributed by atoms with E-state index >= 15 is 0 Å². The van der Waals surface area contributed by atoms with E-state index < -0.39 is 17.3 Å². The van der Waals surface area contributed by atoms with Crippen LogP contribution in [0.15, 0.2) is 96.2 Å². The summed E-state index contributed by atoms with van der Waals surface area (Å²) < 4.78 is 32.9. The van der Waals surface area contributed by atoms with Crippen molar-refractivity contribution in [3.63, 3.8) is 0 Å². The summed E-state index contributed by atoms with van der Waals surface area (Å²) >= 11 is 8.14. The zero-order valence-electron chi connectivity index (χ0n) is 27.3. The predicted molar refractivity (Wildman–Crippen MR) is 199 cm³/mol. The van der Waals surface area contributed by atoms with Gasteiger partial charge in [0.25, 0.3) is 11.5 Å². The fraction of sp³-hybridized carbons (Fsp3) is 0.189. The number of thiophene rings is 1. The molecule has 5 heterocycles. The zero-order chi connectivity index (χ0) is 34.6. The molecule has 2 aromatic carbocycles. The molecule has 7 rings (SSSR count). The number of nitrogens with one attached hydrogen (secondary N) is 1. The van der Waals surface area contributed by atoms with Crippen LogP contribution in [0.1, 0.15) is 22.8 Å². The monoisotopic (exact) mass is 747 g/mol. The lowest BCUT2D eigenvalue weighted by molar-refractivity contribution is 0.0341. The molecular weight excluding hydrogens is 716 g/mol. The maximum Gasteiger partial charge on any atom is 0.271 e. The van der Waals surface area contributed by atoms with Gasteiger partial charge in [-0.2, -0.15) is 0 Å². The average molecular weight is 749 g/mol. The molecular formula is C37H32Cl2FN5O5S. The summed E-state index contributed by atoms with van der Waals surface area (Å²) in [5, 5.41) is 2.92. The molecule has 4 aromatic heterocycles. The van der Waals surface area contributed by atoms with Crippen molar-refractivity contribution >= 4 is 57.2 Å². The number of carbonyl (C=O) groups excluding carboxylic acids is 1. The Morgan fingerprint density at radius 1 is 1.02 bits per heavy atom. The highest BCUT2D eigenvalue weighted by Crippen LogP contribution is 2.39. The Morgan fingerprint density at radius 3 is 2.55 bits per heavy atom. The summed E-state index contributed by atoms with van der Waals surface area (Å²) in [6, 6.07) is 19.6. The smallest absolute Gasteiger partial charge is 0.271 e. The Balaban J connectivity index is 0.00000448. The van der Waals surface area contributed by atoms with Gasteiger partial charge in [0, 0.05) is 56.0 Å². The minimum Gasteiger partial charge on any atom is -0.493 e. The second kappa shape index (κ2) is 16.0. The van der Waals surface area contributed by atoms with E-state index in [4.69, 9.17) is 30.8 Å². The van der Waals surface area contributed by atoms with Gasteiger partial charge in [-0.3, -0.25) is 29.0 Å². The van der Waals surface area contributed by atoms with E-state index in [0.717, 1.165) is 59.2 Å². The molecule has 0 saturated carbocycles. The number of aromatic nitrogens is 3. The van der Waals surface area contributed by atoms with E-state index in [2.05, 4.69) is 21.3 Å². The molecule has 1 amide bonds. The van der Waals surface area contributed by atoms with E-state index in [9.17, 15) is 14.0 Å². The van der Waals surface area contributed by atoms with Crippen LogP contribution in [0.3, 0.4) is 0 Å². The summed E-state index contributed by atoms with van der Waals surface area (Å²) in [6.07, 6.45) is 5.07. The molecule has 0 unspecified atom stereocenters. The maximum atomic E-state index is 13.5. The molecule has 0 aliphatic carbocycles. The van der Waals surface area contributed by atoms with Gasteiger partial charge in [-0.1, -0.05) is 17.7 Å². The van der Waals surface area contributed by atoms with Gasteiger partial charge in [0.1, 0.15) is 28.6 Å². The number of anilines is 1. The second-order valence-electron chi connectivity index (χ2n) is 11.4. The number of fused-ring (bicyclic) bond motifs is 1. The van der Waals surface area contributed by atoms with Crippen molar-refractivity contribution in [2.45, 2.75) is 13.5 Å². The quantitative estimate of drug-likeness (QED) is 0.150. The van der Waals surface area contributed by atoms with Crippen LogP contribution in [0, 0.1) is 5.82 Å². The van der Waals surface area contributed by atoms with E-state index in [-0.39, 0.29) is 41.0 Å². The number of halogens is 3. The first kappa shape index (κ1) is 36.0. The van der Waals surface area contributed by atoms with Gasteiger partial charge in [-0.15, -0.1) is 23.7 Å². The third-order valence-corrected chi connectivity index (χ3v) is 9.54. The van der Waals surface area contributed by atoms with Crippen LogP contribution in [0.4, 0.5) is 10.1 Å². The minimum atomic E-state index is -0.713. The van der Waals surface area contributed by atoms with Crippen LogP contribution < -0.4 is 20.3 Å². The number of hydrogen-bond donors (Lipinski definition) is 1. The van der Waals surface area contributed by atoms with Crippen LogP contribution in [-0.2, 0) is 11.3 Å². The van der Waals surface area contributed by atoms with Gasteiger partial charge in [0.05, 0.1) is 51.3 Å². The lowest BCUT2D eigenvalue weighted by Crippen LogP contribution is -2.35. The number of carbonyl (C=O) groups is 1. The zero-order valence-corrected chi connectivity index (χ0v) is 29.7. The first-order valence-electron chi connectivity index (χ1n) is 15.9. The van der Waals surface area contributed by atoms with Crippen LogP contribution in [0.2, 0.25) is 5.02 Å². The highest BCUT2D eigenvalue weighted by atomic mass is 35.5. The van der Waals surface area contributed by atoms with E-state index in [0.29, 0.717) is 17.2 Å². The Kier molecular flexibility index (Phi) is 11.3. The summed E-state index contributed by atoms with van der Waals surface area (Å²) in [5.41, 5.74) is 2.58. The van der Waals surface area contributed by atoms with Crippen LogP contribution >= 0.6 is 35.3 Å². The molecule has 1 aliphatic rings. The van der Waals surface area contributed by atoms with Gasteiger partial charge < -0.3 is 19.5 Å². The fourth-order valence-corrected chi connectivity index (χ4v) is 6.84. The van der Waals surface area contributed by atoms with Crippen molar-refractivity contribution in [1.29, 1.82) is 0 Å². The number of nitrogens with zero attached hydrogens (tertiary/aromatic N) is 4. The number of morpholine rings is 1. The van der Waals surface area contributed by atoms with E-state index in [1.54, 1.807) is 37.4 Å². The van der Waals surface area contributed by atoms with Crippen molar-refractivity contribution in [2.75, 3.05) is 38.2 Å². The summed E-state index contributed by atoms with van der Waals surface area (Å²) in [7, 11) is 0. The largest absolute Gasteiger partial charge is 0.493 e. The summed E-state index contributed by atoms with van der Waals surface area (Å²) in [5.74, 6) is -0.0141. The summed E-state index contributed by atoms with van der Waals surface area (Å²) in [4.78, 5) is 39.5. The predicted octanol–water partition coefficient (Wildman–Crippen LogP) is 8.00. The molecule has 0 bridgehead atoms. The lowest BCUT2D eigenvalue weighted by atomic mass is 10.2. The molecule has 0 spiro atoms. The fourth-order valence-electron chi connectivity index (χ4n) is 5.58. The van der Waals surface area contributed by atoms with Crippen molar-refractivity contribution in [3.8, 4) is 33.5 Å². The topological polar surface area (TPSA) is 108 Å². The van der Waals surface area contributed by atoms with Gasteiger partial charge >= 0.3 is 0 Å². The molecule has 0 radical (unpaired) electrons. The van der Waals surface area contributed by atoms with Gasteiger partial charge in [-0.05, 0) is 67.1 Å². The first-order chi connectivity index (χ1) is 24.4. The van der Waals surface area contributed by atoms with Crippen molar-refractivity contribution < 1.29 is 23.4 Å². The highest BCUT2D eigenvalue weighted by Gasteiger charge is 2.22. The molecule has 51 heavy (non-hydrogen) atoms. The number of amides is 1. The van der Waals surface area contributed by atoms with Crippen LogP contribution in [0.25, 0.3) is 26.5 Å². The van der Waals surface area contributed by atoms with Gasteiger partial charge in [0.2, 0.25) is 0 Å². The molecule has 1 fully saturated rings. The van der Waals surface area contributed by atoms with Crippen LogP contribution in [0.5, 0.6) is 17.2 Å². The number of rotatable bonds is 10. The standard InChI is InChI=1S/C37H31ClFN5O5S.ClH/c1-2-48-31-12-14-44(25-6-4-24(39)5-7-25)37(46)34(31)36(45)42-28-10-8-26(19-27(28)38)49-32-11-13-40-30-20-33(50-35(30)32)29-9-3-23(21-41-29)22-43-15-17-47-18-16-43;/h3-14,19-21H,2,15-18,22H2,1H3,(H,42,45);1H. The van der Waals surface area contributed by atoms with Gasteiger partial charge in [-0.25, -0.2) is 4.39 Å². The first-order valence-corrected chi connectivity index (χ1v) is 17.1. The Labute approximate surface area is 307 Å². The second-order valence-corrected chi connectivity index (χ2v) is 12.9. The number of ether oxygens (including phenoxy) is 3. The number of pyridine rings is 3. The highest BCUT2D eigenvalue weighted by molar-refractivity contribution is 7.22. The third kappa shape index (κ3) is 8.06. The maximum absolute atomic E-state index is 13.5. The Morgan fingerprint density at radius 2 is 1.82 bits per heavy atom.